The van der Waals surface area contributed by atoms with E-state index in [-0.39, 0.29) is 0 Å². The van der Waals surface area contributed by atoms with Crippen LogP contribution in [-0.4, -0.2) is 7.11 Å². The molecule has 2 aromatic carbocycles. The fraction of sp³-hybridized carbons (Fsp3) is 0.0769. The third kappa shape index (κ3) is 3.03. The average molecular weight is 341 g/mol. The van der Waals surface area contributed by atoms with Gasteiger partial charge in [-0.3, -0.25) is 0 Å². The van der Waals surface area contributed by atoms with Crippen molar-refractivity contribution in [3.63, 3.8) is 0 Å². The van der Waals surface area contributed by atoms with E-state index in [1.807, 2.05) is 36.4 Å². The van der Waals surface area contributed by atoms with Crippen molar-refractivity contribution < 1.29 is 9.47 Å². The van der Waals surface area contributed by atoms with Gasteiger partial charge < -0.3 is 15.2 Å². The van der Waals surface area contributed by atoms with Crippen molar-refractivity contribution >= 4 is 28.3 Å². The molecule has 0 unspecified atom stereocenters. The highest BCUT2D eigenvalue weighted by molar-refractivity contribution is 14.1. The van der Waals surface area contributed by atoms with E-state index in [4.69, 9.17) is 15.2 Å². The van der Waals surface area contributed by atoms with Crippen molar-refractivity contribution in [3.8, 4) is 17.2 Å². The Bertz CT molecular complexity index is 508. The van der Waals surface area contributed by atoms with Crippen molar-refractivity contribution in [3.05, 3.63) is 46.0 Å². The molecule has 0 aliphatic carbocycles. The molecule has 0 saturated heterocycles. The van der Waals surface area contributed by atoms with Gasteiger partial charge >= 0.3 is 0 Å². The normalized spacial score (nSPS) is 10.0. The SMILES string of the molecule is COc1ccccc1Oc1cc(N)cc(I)c1. The summed E-state index contributed by atoms with van der Waals surface area (Å²) in [7, 11) is 1.62. The number of anilines is 1. The Labute approximate surface area is 114 Å². The number of rotatable bonds is 3. The van der Waals surface area contributed by atoms with E-state index >= 15 is 0 Å². The standard InChI is InChI=1S/C13H12INO2/c1-16-12-4-2-3-5-13(12)17-11-7-9(14)6-10(15)8-11/h2-8H,15H2,1H3. The number of methoxy groups -OCH3 is 1. The molecule has 2 rings (SSSR count). The maximum absolute atomic E-state index is 5.77. The van der Waals surface area contributed by atoms with E-state index in [9.17, 15) is 0 Å². The molecule has 3 nitrogen and oxygen atoms in total. The molecule has 17 heavy (non-hydrogen) atoms. The second-order valence-electron chi connectivity index (χ2n) is 3.47. The average Bonchev–Trinajstić information content (AvgIpc) is 2.28. The van der Waals surface area contributed by atoms with Crippen LogP contribution in [0.25, 0.3) is 0 Å². The molecule has 0 aliphatic heterocycles. The predicted octanol–water partition coefficient (Wildman–Crippen LogP) is 3.67. The largest absolute Gasteiger partial charge is 0.493 e. The van der Waals surface area contributed by atoms with Crippen LogP contribution in [0.1, 0.15) is 0 Å². The minimum absolute atomic E-state index is 0.677. The summed E-state index contributed by atoms with van der Waals surface area (Å²) < 4.78 is 12.0. The van der Waals surface area contributed by atoms with E-state index in [1.165, 1.54) is 0 Å². The number of halogens is 1. The number of hydrogen-bond acceptors (Lipinski definition) is 3. The zero-order valence-electron chi connectivity index (χ0n) is 9.31. The first-order valence-electron chi connectivity index (χ1n) is 5.06. The lowest BCUT2D eigenvalue weighted by Gasteiger charge is -2.10. The lowest BCUT2D eigenvalue weighted by Crippen LogP contribution is -1.92. The molecule has 0 aromatic heterocycles. The van der Waals surface area contributed by atoms with Gasteiger partial charge in [0.15, 0.2) is 11.5 Å². The third-order valence-corrected chi connectivity index (χ3v) is 2.81. The van der Waals surface area contributed by atoms with Crippen LogP contribution in [0.15, 0.2) is 42.5 Å². The third-order valence-electron chi connectivity index (χ3n) is 2.19. The number of hydrogen-bond donors (Lipinski definition) is 1. The van der Waals surface area contributed by atoms with Crippen LogP contribution < -0.4 is 15.2 Å². The Kier molecular flexibility index (Phi) is 3.73. The van der Waals surface area contributed by atoms with Gasteiger partial charge in [0.25, 0.3) is 0 Å². The molecule has 2 N–H and O–H groups in total. The minimum Gasteiger partial charge on any atom is -0.493 e. The second kappa shape index (κ2) is 5.27. The second-order valence-corrected chi connectivity index (χ2v) is 4.72. The van der Waals surface area contributed by atoms with Gasteiger partial charge in [0.1, 0.15) is 5.75 Å². The summed E-state index contributed by atoms with van der Waals surface area (Å²) in [5, 5.41) is 0. The van der Waals surface area contributed by atoms with Crippen LogP contribution in [0.3, 0.4) is 0 Å². The molecule has 88 valence electrons. The fourth-order valence-corrected chi connectivity index (χ4v) is 2.14. The van der Waals surface area contributed by atoms with Gasteiger partial charge in [0, 0.05) is 15.3 Å². The zero-order valence-corrected chi connectivity index (χ0v) is 11.5. The summed E-state index contributed by atoms with van der Waals surface area (Å²) in [6.07, 6.45) is 0. The number of benzene rings is 2. The maximum atomic E-state index is 5.77. The van der Waals surface area contributed by atoms with Crippen LogP contribution >= 0.6 is 22.6 Å². The van der Waals surface area contributed by atoms with Gasteiger partial charge in [-0.15, -0.1) is 0 Å². The Morgan fingerprint density at radius 1 is 1.06 bits per heavy atom. The monoisotopic (exact) mass is 341 g/mol. The first-order chi connectivity index (χ1) is 8.19. The first-order valence-corrected chi connectivity index (χ1v) is 6.14. The lowest BCUT2D eigenvalue weighted by atomic mass is 10.3. The number of nitrogen functional groups attached to an aromatic ring is 1. The van der Waals surface area contributed by atoms with Crippen molar-refractivity contribution in [2.45, 2.75) is 0 Å². The topological polar surface area (TPSA) is 44.5 Å². The molecule has 0 spiro atoms. The van der Waals surface area contributed by atoms with Crippen molar-refractivity contribution in [2.75, 3.05) is 12.8 Å². The van der Waals surface area contributed by atoms with Crippen molar-refractivity contribution in [2.24, 2.45) is 0 Å². The molecular formula is C13H12INO2. The number of ether oxygens (including phenoxy) is 2. The molecule has 0 aliphatic rings. The summed E-state index contributed by atoms with van der Waals surface area (Å²) in [6.45, 7) is 0. The Hall–Kier alpha value is -1.43. The van der Waals surface area contributed by atoms with Gasteiger partial charge in [0.05, 0.1) is 7.11 Å². The van der Waals surface area contributed by atoms with E-state index in [1.54, 1.807) is 13.2 Å². The minimum atomic E-state index is 0.677. The molecule has 0 amide bonds. The van der Waals surface area contributed by atoms with Gasteiger partial charge in [0.2, 0.25) is 0 Å². The van der Waals surface area contributed by atoms with Crippen LogP contribution in [0.4, 0.5) is 5.69 Å². The van der Waals surface area contributed by atoms with E-state index < -0.39 is 0 Å². The van der Waals surface area contributed by atoms with Crippen LogP contribution in [0, 0.1) is 3.57 Å². The number of para-hydroxylation sites is 2. The molecule has 0 bridgehead atoms. The molecule has 0 heterocycles. The molecule has 0 fully saturated rings. The van der Waals surface area contributed by atoms with E-state index in [0.717, 1.165) is 3.57 Å². The molecule has 0 saturated carbocycles. The number of nitrogens with two attached hydrogens (primary N) is 1. The molecule has 2 aromatic rings. The van der Waals surface area contributed by atoms with Crippen LogP contribution in [-0.2, 0) is 0 Å². The van der Waals surface area contributed by atoms with Crippen molar-refractivity contribution in [1.82, 2.24) is 0 Å². The molecule has 0 atom stereocenters. The predicted molar refractivity (Wildman–Crippen MR) is 76.6 cm³/mol. The van der Waals surface area contributed by atoms with E-state index in [2.05, 4.69) is 22.6 Å². The van der Waals surface area contributed by atoms with Gasteiger partial charge in [-0.2, -0.15) is 0 Å². The van der Waals surface area contributed by atoms with Gasteiger partial charge in [-0.25, -0.2) is 0 Å². The quantitative estimate of drug-likeness (QED) is 0.684. The van der Waals surface area contributed by atoms with Crippen LogP contribution in [0.5, 0.6) is 17.2 Å². The highest BCUT2D eigenvalue weighted by atomic mass is 127. The molecule has 0 radical (unpaired) electrons. The zero-order chi connectivity index (χ0) is 12.3. The summed E-state index contributed by atoms with van der Waals surface area (Å²) in [5.41, 5.74) is 6.45. The summed E-state index contributed by atoms with van der Waals surface area (Å²) >= 11 is 2.20. The first kappa shape index (κ1) is 12.0. The Morgan fingerprint density at radius 3 is 2.41 bits per heavy atom. The summed E-state index contributed by atoms with van der Waals surface area (Å²) in [4.78, 5) is 0. The molecule has 4 heteroatoms. The molecular weight excluding hydrogens is 329 g/mol. The lowest BCUT2D eigenvalue weighted by molar-refractivity contribution is 0.379. The maximum Gasteiger partial charge on any atom is 0.169 e. The summed E-state index contributed by atoms with van der Waals surface area (Å²) in [5.74, 6) is 2.08. The highest BCUT2D eigenvalue weighted by Gasteiger charge is 2.05. The Balaban J connectivity index is 2.31. The van der Waals surface area contributed by atoms with Gasteiger partial charge in [-0.05, 0) is 46.9 Å². The van der Waals surface area contributed by atoms with Crippen LogP contribution in [0.2, 0.25) is 0 Å². The summed E-state index contributed by atoms with van der Waals surface area (Å²) in [6, 6.07) is 13.1. The smallest absolute Gasteiger partial charge is 0.169 e. The fourth-order valence-electron chi connectivity index (χ4n) is 1.47. The van der Waals surface area contributed by atoms with Crippen molar-refractivity contribution in [1.29, 1.82) is 0 Å². The van der Waals surface area contributed by atoms with Gasteiger partial charge in [-0.1, -0.05) is 12.1 Å². The Morgan fingerprint density at radius 2 is 1.76 bits per heavy atom. The highest BCUT2D eigenvalue weighted by Crippen LogP contribution is 2.32. The van der Waals surface area contributed by atoms with E-state index in [0.29, 0.717) is 22.9 Å².